The highest BCUT2D eigenvalue weighted by Gasteiger charge is 2.13. The molecule has 0 bridgehead atoms. The average molecular weight is 291 g/mol. The molecule has 0 fully saturated rings. The summed E-state index contributed by atoms with van der Waals surface area (Å²) >= 11 is 4.47. The van der Waals surface area contributed by atoms with E-state index in [1.807, 2.05) is 20.8 Å². The Hall–Kier alpha value is -0.100. The van der Waals surface area contributed by atoms with E-state index in [4.69, 9.17) is 9.47 Å². The van der Waals surface area contributed by atoms with Crippen molar-refractivity contribution in [1.82, 2.24) is 5.32 Å². The molecule has 2 atom stereocenters. The van der Waals surface area contributed by atoms with Crippen LogP contribution in [-0.2, 0) is 14.3 Å². The van der Waals surface area contributed by atoms with Crippen molar-refractivity contribution in [3.05, 3.63) is 0 Å². The molecule has 0 aliphatic rings. The molecule has 2 unspecified atom stereocenters. The maximum atomic E-state index is 11.5. The number of hydrogen-bond donors (Lipinski definition) is 2. The largest absolute Gasteiger partial charge is 0.378 e. The molecule has 0 rings (SSSR count). The first-order valence-corrected chi connectivity index (χ1v) is 7.53. The average Bonchev–Trinajstić information content (AvgIpc) is 2.40. The maximum absolute atomic E-state index is 11.5. The van der Waals surface area contributed by atoms with E-state index in [2.05, 4.69) is 24.9 Å². The van der Waals surface area contributed by atoms with Crippen LogP contribution < -0.4 is 5.32 Å². The van der Waals surface area contributed by atoms with E-state index in [-0.39, 0.29) is 23.2 Å². The minimum atomic E-state index is -0.136. The minimum Gasteiger partial charge on any atom is -0.378 e. The van der Waals surface area contributed by atoms with Crippen molar-refractivity contribution in [3.8, 4) is 0 Å². The third-order valence-electron chi connectivity index (χ3n) is 3.22. The van der Waals surface area contributed by atoms with Crippen molar-refractivity contribution in [2.75, 3.05) is 33.0 Å². The summed E-state index contributed by atoms with van der Waals surface area (Å²) in [6.07, 6.45) is 1.82. The van der Waals surface area contributed by atoms with Crippen molar-refractivity contribution in [2.45, 2.75) is 45.4 Å². The summed E-state index contributed by atoms with van der Waals surface area (Å²) in [4.78, 5) is 11.3. The number of hydrogen-bond acceptors (Lipinski definition) is 5. The highest BCUT2D eigenvalue weighted by molar-refractivity contribution is 7.81. The zero-order chi connectivity index (χ0) is 14.7. The lowest BCUT2D eigenvalue weighted by Gasteiger charge is -2.23. The van der Waals surface area contributed by atoms with Gasteiger partial charge in [0.2, 0.25) is 0 Å². The predicted octanol–water partition coefficient (Wildman–Crippen LogP) is 2.28. The summed E-state index contributed by atoms with van der Waals surface area (Å²) in [6, 6.07) is 0. The van der Waals surface area contributed by atoms with Gasteiger partial charge in [0.25, 0.3) is 0 Å². The molecular weight excluding hydrogens is 262 g/mol. The fraction of sp³-hybridized carbons (Fsp3) is 0.929. The van der Waals surface area contributed by atoms with E-state index in [9.17, 15) is 4.79 Å². The first-order chi connectivity index (χ1) is 8.93. The monoisotopic (exact) mass is 291 g/mol. The van der Waals surface area contributed by atoms with Gasteiger partial charge in [-0.2, -0.15) is 12.6 Å². The molecule has 0 aromatic carbocycles. The SMILES string of the molecule is CCC(C)C(=O)COCCOCCNC(C)(S)CC. The Balaban J connectivity index is 3.35. The Morgan fingerprint density at radius 3 is 2.47 bits per heavy atom. The van der Waals surface area contributed by atoms with E-state index in [0.29, 0.717) is 19.8 Å². The lowest BCUT2D eigenvalue weighted by molar-refractivity contribution is -0.127. The second-order valence-corrected chi connectivity index (χ2v) is 5.98. The summed E-state index contributed by atoms with van der Waals surface area (Å²) in [5, 5.41) is 3.28. The van der Waals surface area contributed by atoms with E-state index < -0.39 is 0 Å². The number of rotatable bonds is 12. The molecule has 114 valence electrons. The predicted molar refractivity (Wildman–Crippen MR) is 81.8 cm³/mol. The highest BCUT2D eigenvalue weighted by atomic mass is 32.1. The lowest BCUT2D eigenvalue weighted by Crippen LogP contribution is -2.38. The van der Waals surface area contributed by atoms with Crippen molar-refractivity contribution in [3.63, 3.8) is 0 Å². The van der Waals surface area contributed by atoms with Crippen LogP contribution in [0.5, 0.6) is 0 Å². The maximum Gasteiger partial charge on any atom is 0.161 e. The van der Waals surface area contributed by atoms with Gasteiger partial charge in [0.15, 0.2) is 5.78 Å². The molecule has 0 aliphatic carbocycles. The van der Waals surface area contributed by atoms with Crippen LogP contribution in [-0.4, -0.2) is 43.6 Å². The van der Waals surface area contributed by atoms with E-state index in [1.165, 1.54) is 0 Å². The number of ether oxygens (including phenoxy) is 2. The molecule has 4 nitrogen and oxygen atoms in total. The Kier molecular flexibility index (Phi) is 10.6. The third kappa shape index (κ3) is 10.4. The molecule has 1 N–H and O–H groups in total. The zero-order valence-corrected chi connectivity index (χ0v) is 13.6. The first-order valence-electron chi connectivity index (χ1n) is 7.08. The van der Waals surface area contributed by atoms with Crippen molar-refractivity contribution in [1.29, 1.82) is 0 Å². The van der Waals surface area contributed by atoms with E-state index in [0.717, 1.165) is 19.4 Å². The molecule has 0 spiro atoms. The number of ketones is 1. The molecule has 0 aromatic heterocycles. The van der Waals surface area contributed by atoms with Crippen LogP contribution in [0.4, 0.5) is 0 Å². The van der Waals surface area contributed by atoms with Gasteiger partial charge in [0.05, 0.1) is 24.7 Å². The van der Waals surface area contributed by atoms with E-state index >= 15 is 0 Å². The highest BCUT2D eigenvalue weighted by Crippen LogP contribution is 2.12. The van der Waals surface area contributed by atoms with Crippen LogP contribution in [0.2, 0.25) is 0 Å². The summed E-state index contributed by atoms with van der Waals surface area (Å²) in [7, 11) is 0. The number of nitrogens with one attached hydrogen (secondary N) is 1. The van der Waals surface area contributed by atoms with Crippen LogP contribution in [0.3, 0.4) is 0 Å². The fourth-order valence-corrected chi connectivity index (χ4v) is 1.39. The topological polar surface area (TPSA) is 47.6 Å². The van der Waals surface area contributed by atoms with Crippen LogP contribution in [0.1, 0.15) is 40.5 Å². The van der Waals surface area contributed by atoms with Gasteiger partial charge in [-0.3, -0.25) is 4.79 Å². The number of thiol groups is 1. The Morgan fingerprint density at radius 1 is 1.26 bits per heavy atom. The number of Topliss-reactive ketones (excluding diaryl/α,β-unsaturated/α-hetero) is 1. The second-order valence-electron chi connectivity index (χ2n) is 4.99. The molecule has 0 amide bonds. The molecule has 0 radical (unpaired) electrons. The molecule has 0 saturated heterocycles. The Bertz CT molecular complexity index is 247. The molecule has 0 aliphatic heterocycles. The first kappa shape index (κ1) is 18.9. The molecule has 0 saturated carbocycles. The standard InChI is InChI=1S/C14H29NO3S/c1-5-12(3)13(16)11-18-10-9-17-8-7-15-14(4,19)6-2/h12,15,19H,5-11H2,1-4H3. The molecule has 5 heteroatoms. The number of carbonyl (C=O) groups is 1. The summed E-state index contributed by atoms with van der Waals surface area (Å²) in [6.45, 7) is 10.6. The smallest absolute Gasteiger partial charge is 0.161 e. The minimum absolute atomic E-state index is 0.0900. The summed E-state index contributed by atoms with van der Waals surface area (Å²) in [5.41, 5.74) is 0. The van der Waals surface area contributed by atoms with Crippen molar-refractivity contribution in [2.24, 2.45) is 5.92 Å². The number of carbonyl (C=O) groups excluding carboxylic acids is 1. The van der Waals surface area contributed by atoms with E-state index in [1.54, 1.807) is 0 Å². The van der Waals surface area contributed by atoms with Gasteiger partial charge in [-0.25, -0.2) is 0 Å². The van der Waals surface area contributed by atoms with Crippen LogP contribution in [0.15, 0.2) is 0 Å². The quantitative estimate of drug-likeness (QED) is 0.329. The van der Waals surface area contributed by atoms with Gasteiger partial charge in [-0.15, -0.1) is 0 Å². The second kappa shape index (κ2) is 10.7. The third-order valence-corrected chi connectivity index (χ3v) is 3.69. The van der Waals surface area contributed by atoms with Crippen LogP contribution in [0, 0.1) is 5.92 Å². The Morgan fingerprint density at radius 2 is 1.89 bits per heavy atom. The van der Waals surface area contributed by atoms with Gasteiger partial charge in [0, 0.05) is 12.5 Å². The van der Waals surface area contributed by atoms with Gasteiger partial charge in [-0.05, 0) is 19.8 Å². The van der Waals surface area contributed by atoms with Gasteiger partial charge in [-0.1, -0.05) is 20.8 Å². The van der Waals surface area contributed by atoms with Gasteiger partial charge >= 0.3 is 0 Å². The Labute approximate surface area is 123 Å². The molecular formula is C14H29NO3S. The van der Waals surface area contributed by atoms with Crippen LogP contribution in [0.25, 0.3) is 0 Å². The lowest BCUT2D eigenvalue weighted by atomic mass is 10.1. The van der Waals surface area contributed by atoms with Crippen LogP contribution >= 0.6 is 12.6 Å². The molecule has 0 heterocycles. The normalized spacial score (nSPS) is 16.1. The molecule has 0 aromatic rings. The fourth-order valence-electron chi connectivity index (χ4n) is 1.28. The van der Waals surface area contributed by atoms with Gasteiger partial charge < -0.3 is 14.8 Å². The van der Waals surface area contributed by atoms with Crippen molar-refractivity contribution < 1.29 is 14.3 Å². The van der Waals surface area contributed by atoms with Crippen molar-refractivity contribution >= 4 is 18.4 Å². The summed E-state index contributed by atoms with van der Waals surface area (Å²) < 4.78 is 10.7. The molecule has 19 heavy (non-hydrogen) atoms. The zero-order valence-electron chi connectivity index (χ0n) is 12.7. The summed E-state index contributed by atoms with van der Waals surface area (Å²) in [5.74, 6) is 0.255. The van der Waals surface area contributed by atoms with Gasteiger partial charge in [0.1, 0.15) is 6.61 Å².